The number of ether oxygens (including phenoxy) is 2. The van der Waals surface area contributed by atoms with Gasteiger partial charge in [-0.25, -0.2) is 18.2 Å². The predicted octanol–water partition coefficient (Wildman–Crippen LogP) is 4.75. The van der Waals surface area contributed by atoms with Crippen molar-refractivity contribution in [2.75, 3.05) is 13.2 Å². The second kappa shape index (κ2) is 12.0. The van der Waals surface area contributed by atoms with Crippen LogP contribution >= 0.6 is 0 Å². The zero-order chi connectivity index (χ0) is 28.4. The molecule has 3 N–H and O–H groups in total. The van der Waals surface area contributed by atoms with E-state index in [1.54, 1.807) is 12.4 Å². The number of hydrogen-bond acceptors (Lipinski definition) is 7. The van der Waals surface area contributed by atoms with Gasteiger partial charge in [0.1, 0.15) is 40.7 Å². The maximum atomic E-state index is 15.1. The molecule has 0 bridgehead atoms. The summed E-state index contributed by atoms with van der Waals surface area (Å²) >= 11 is 0. The number of aromatic nitrogens is 2. The first kappa shape index (κ1) is 28.2. The maximum Gasteiger partial charge on any atom is 0.185 e. The van der Waals surface area contributed by atoms with E-state index in [1.807, 2.05) is 13.0 Å². The fourth-order valence-corrected chi connectivity index (χ4v) is 5.68. The number of ketones is 1. The molecule has 0 amide bonds. The Balaban J connectivity index is 1.38. The molecule has 7 nitrogen and oxygen atoms in total. The summed E-state index contributed by atoms with van der Waals surface area (Å²) in [7, 11) is 0. The molecule has 1 saturated carbocycles. The molecule has 1 aliphatic carbocycles. The number of carbonyl (C=O) groups excluding carboxylic acids is 1. The van der Waals surface area contributed by atoms with Crippen LogP contribution in [0.2, 0.25) is 0 Å². The van der Waals surface area contributed by atoms with Gasteiger partial charge in [0, 0.05) is 49.8 Å². The molecule has 2 aliphatic rings. The Hall–Kier alpha value is -3.34. The van der Waals surface area contributed by atoms with Gasteiger partial charge in [-0.15, -0.1) is 0 Å². The number of nitrogens with zero attached hydrogens (tertiary/aromatic N) is 2. The van der Waals surface area contributed by atoms with Crippen LogP contribution in [-0.2, 0) is 11.2 Å². The molecular formula is C30H32F3N3O4. The number of Topliss-reactive ketones (excluding diaryl/α,β-unsaturated/α-hetero) is 1. The van der Waals surface area contributed by atoms with E-state index >= 15 is 8.78 Å². The van der Waals surface area contributed by atoms with Crippen molar-refractivity contribution in [1.82, 2.24) is 9.97 Å². The van der Waals surface area contributed by atoms with Gasteiger partial charge in [0.05, 0.1) is 24.9 Å². The highest BCUT2D eigenvalue weighted by Gasteiger charge is 2.34. The summed E-state index contributed by atoms with van der Waals surface area (Å²) in [5.74, 6) is -3.49. The first-order valence-electron chi connectivity index (χ1n) is 13.5. The van der Waals surface area contributed by atoms with Crippen LogP contribution in [-0.4, -0.2) is 52.3 Å². The van der Waals surface area contributed by atoms with Crippen molar-refractivity contribution < 1.29 is 32.5 Å². The minimum atomic E-state index is -1.04. The number of benzene rings is 1. The molecule has 3 aromatic rings. The van der Waals surface area contributed by atoms with Crippen molar-refractivity contribution in [3.63, 3.8) is 0 Å². The highest BCUT2D eigenvalue weighted by molar-refractivity contribution is 5.96. The van der Waals surface area contributed by atoms with Crippen LogP contribution in [0.4, 0.5) is 13.2 Å². The van der Waals surface area contributed by atoms with Gasteiger partial charge in [-0.2, -0.15) is 0 Å². The first-order chi connectivity index (χ1) is 19.2. The second-order valence-electron chi connectivity index (χ2n) is 10.7. The Bertz CT molecular complexity index is 1350. The highest BCUT2D eigenvalue weighted by atomic mass is 19.1. The summed E-state index contributed by atoms with van der Waals surface area (Å²) in [5.41, 5.74) is 6.32. The molecule has 5 rings (SSSR count). The Morgan fingerprint density at radius 1 is 1.10 bits per heavy atom. The third-order valence-electron chi connectivity index (χ3n) is 7.82. The van der Waals surface area contributed by atoms with E-state index in [1.165, 1.54) is 6.07 Å². The molecule has 10 heteroatoms. The van der Waals surface area contributed by atoms with Crippen molar-refractivity contribution in [3.05, 3.63) is 77.0 Å². The van der Waals surface area contributed by atoms with Gasteiger partial charge in [0.25, 0.3) is 0 Å². The Labute approximate surface area is 230 Å². The van der Waals surface area contributed by atoms with Crippen LogP contribution in [0.3, 0.4) is 0 Å². The van der Waals surface area contributed by atoms with Crippen LogP contribution in [0.5, 0.6) is 5.75 Å². The number of pyridine rings is 2. The number of aliphatic hydroxyl groups is 1. The van der Waals surface area contributed by atoms with E-state index in [4.69, 9.17) is 15.2 Å². The van der Waals surface area contributed by atoms with Gasteiger partial charge in [0.15, 0.2) is 5.78 Å². The molecule has 1 aliphatic heterocycles. The Morgan fingerprint density at radius 3 is 2.52 bits per heavy atom. The SMILES string of the molecule is C[C@H]1C[C@@H](c2ccncc2CC(=O)c2ccc(F)c(-c3c(F)cc(OC4CCOCC4)cc3F)n2)C[C@@H](N)[C@@H]1O. The number of nitrogens with two attached hydrogens (primary N) is 1. The lowest BCUT2D eigenvalue weighted by Crippen LogP contribution is -2.44. The van der Waals surface area contributed by atoms with Crippen molar-refractivity contribution >= 4 is 5.78 Å². The largest absolute Gasteiger partial charge is 0.490 e. The quantitative estimate of drug-likeness (QED) is 0.406. The Kier molecular flexibility index (Phi) is 8.48. The topological polar surface area (TPSA) is 108 Å². The fourth-order valence-electron chi connectivity index (χ4n) is 5.68. The number of hydrogen-bond donors (Lipinski definition) is 2. The van der Waals surface area contributed by atoms with Gasteiger partial charge in [-0.1, -0.05) is 6.92 Å². The molecule has 0 spiro atoms. The number of aliphatic hydroxyl groups excluding tert-OH is 1. The molecule has 1 saturated heterocycles. The molecule has 0 radical (unpaired) electrons. The van der Waals surface area contributed by atoms with Crippen LogP contribution in [0.1, 0.15) is 60.1 Å². The summed E-state index contributed by atoms with van der Waals surface area (Å²) in [5, 5.41) is 10.2. The van der Waals surface area contributed by atoms with E-state index in [0.29, 0.717) is 44.5 Å². The van der Waals surface area contributed by atoms with E-state index in [2.05, 4.69) is 9.97 Å². The van der Waals surface area contributed by atoms with Crippen molar-refractivity contribution in [3.8, 4) is 17.0 Å². The van der Waals surface area contributed by atoms with Crippen LogP contribution in [0.15, 0.2) is 42.7 Å². The molecule has 40 heavy (non-hydrogen) atoms. The summed E-state index contributed by atoms with van der Waals surface area (Å²) < 4.78 is 55.9. The fraction of sp³-hybridized carbons (Fsp3) is 0.433. The lowest BCUT2D eigenvalue weighted by molar-refractivity contribution is 0.0253. The van der Waals surface area contributed by atoms with E-state index < -0.39 is 40.6 Å². The number of rotatable bonds is 7. The summed E-state index contributed by atoms with van der Waals surface area (Å²) in [6, 6.07) is 5.63. The zero-order valence-corrected chi connectivity index (χ0v) is 22.2. The molecule has 2 aromatic heterocycles. The van der Waals surface area contributed by atoms with Crippen molar-refractivity contribution in [2.45, 2.75) is 63.2 Å². The standard InChI is InChI=1S/C30H32F3N3O4/c1-16-10-17(11-25(34)30(16)38)21-4-7-35-15-18(21)12-27(37)26-3-2-22(31)29(36-26)28-23(32)13-20(14-24(28)33)40-19-5-8-39-9-6-19/h2-4,7,13-17,19,25,30,38H,5-6,8-12,34H2,1H3/t16-,17+,25+,30+/m0/s1. The monoisotopic (exact) mass is 555 g/mol. The highest BCUT2D eigenvalue weighted by Crippen LogP contribution is 2.37. The smallest absolute Gasteiger partial charge is 0.185 e. The average molecular weight is 556 g/mol. The molecule has 4 atom stereocenters. The van der Waals surface area contributed by atoms with Crippen LogP contribution < -0.4 is 10.5 Å². The van der Waals surface area contributed by atoms with Crippen LogP contribution in [0, 0.1) is 23.4 Å². The normalized spacial score (nSPS) is 23.6. The minimum Gasteiger partial charge on any atom is -0.490 e. The van der Waals surface area contributed by atoms with Gasteiger partial charge in [-0.05, 0) is 54.0 Å². The van der Waals surface area contributed by atoms with E-state index in [0.717, 1.165) is 23.8 Å². The maximum absolute atomic E-state index is 15.1. The summed E-state index contributed by atoms with van der Waals surface area (Å²) in [6.45, 7) is 2.94. The molecule has 1 aromatic carbocycles. The lowest BCUT2D eigenvalue weighted by Gasteiger charge is -2.36. The van der Waals surface area contributed by atoms with Gasteiger partial charge < -0.3 is 20.3 Å². The average Bonchev–Trinajstić information content (AvgIpc) is 2.93. The molecular weight excluding hydrogens is 523 g/mol. The molecule has 212 valence electrons. The second-order valence-corrected chi connectivity index (χ2v) is 10.7. The first-order valence-corrected chi connectivity index (χ1v) is 13.5. The Morgan fingerprint density at radius 2 is 1.82 bits per heavy atom. The predicted molar refractivity (Wildman–Crippen MR) is 141 cm³/mol. The van der Waals surface area contributed by atoms with Crippen molar-refractivity contribution in [2.24, 2.45) is 11.7 Å². The third kappa shape index (κ3) is 6.04. The minimum absolute atomic E-state index is 0.00772. The summed E-state index contributed by atoms with van der Waals surface area (Å²) in [6.07, 6.45) is 4.77. The van der Waals surface area contributed by atoms with Crippen LogP contribution in [0.25, 0.3) is 11.3 Å². The third-order valence-corrected chi connectivity index (χ3v) is 7.82. The summed E-state index contributed by atoms with van der Waals surface area (Å²) in [4.78, 5) is 21.5. The van der Waals surface area contributed by atoms with Crippen molar-refractivity contribution in [1.29, 1.82) is 0 Å². The van der Waals surface area contributed by atoms with E-state index in [-0.39, 0.29) is 41.8 Å². The zero-order valence-electron chi connectivity index (χ0n) is 22.2. The van der Waals surface area contributed by atoms with Gasteiger partial charge >= 0.3 is 0 Å². The molecule has 0 unspecified atom stereocenters. The van der Waals surface area contributed by atoms with E-state index in [9.17, 15) is 14.3 Å². The van der Waals surface area contributed by atoms with Gasteiger partial charge in [-0.3, -0.25) is 9.78 Å². The number of halogens is 3. The molecule has 3 heterocycles. The lowest BCUT2D eigenvalue weighted by atomic mass is 9.74. The van der Waals surface area contributed by atoms with Gasteiger partial charge in [0.2, 0.25) is 0 Å². The number of carbonyl (C=O) groups is 1. The molecule has 2 fully saturated rings.